The lowest BCUT2D eigenvalue weighted by Crippen LogP contribution is -2.04. The van der Waals surface area contributed by atoms with Gasteiger partial charge in [0.25, 0.3) is 0 Å². The van der Waals surface area contributed by atoms with Crippen LogP contribution >= 0.6 is 0 Å². The highest BCUT2D eigenvalue weighted by atomic mass is 15.1. The summed E-state index contributed by atoms with van der Waals surface area (Å²) >= 11 is 0. The van der Waals surface area contributed by atoms with Crippen LogP contribution in [-0.2, 0) is 13.0 Å². The highest BCUT2D eigenvalue weighted by molar-refractivity contribution is 5.76. The molecule has 1 aromatic heterocycles. The lowest BCUT2D eigenvalue weighted by molar-refractivity contribution is 0.733. The summed E-state index contributed by atoms with van der Waals surface area (Å²) in [5.74, 6) is 1.10. The number of imidazole rings is 1. The molecule has 0 aliphatic heterocycles. The van der Waals surface area contributed by atoms with E-state index in [1.807, 2.05) is 12.1 Å². The Morgan fingerprint density at radius 3 is 2.75 bits per heavy atom. The van der Waals surface area contributed by atoms with Gasteiger partial charge in [-0.25, -0.2) is 4.98 Å². The maximum atomic E-state index is 5.90. The molecule has 0 aliphatic carbocycles. The van der Waals surface area contributed by atoms with Gasteiger partial charge in [0, 0.05) is 18.7 Å². The Kier molecular flexibility index (Phi) is 3.18. The van der Waals surface area contributed by atoms with Crippen molar-refractivity contribution in [3.05, 3.63) is 59.4 Å². The number of fused-ring (bicyclic) bond motifs is 1. The Bertz CT molecular complexity index is 756. The van der Waals surface area contributed by atoms with E-state index in [1.54, 1.807) is 0 Å². The van der Waals surface area contributed by atoms with Crippen molar-refractivity contribution >= 4 is 16.7 Å². The van der Waals surface area contributed by atoms with Crippen molar-refractivity contribution in [3.8, 4) is 0 Å². The molecule has 0 radical (unpaired) electrons. The molecule has 0 aliphatic rings. The van der Waals surface area contributed by atoms with Crippen LogP contribution in [-0.4, -0.2) is 9.55 Å². The molecule has 3 heteroatoms. The standard InChI is InChI=1S/C17H19N3/c1-3-20-16-7-5-4-6-15(16)19-17(20)11-13-10-14(18)9-8-12(13)2/h4-10H,3,11,18H2,1-2H3. The minimum absolute atomic E-state index is 0.810. The smallest absolute Gasteiger partial charge is 0.114 e. The van der Waals surface area contributed by atoms with Crippen molar-refractivity contribution in [1.82, 2.24) is 9.55 Å². The van der Waals surface area contributed by atoms with Crippen molar-refractivity contribution < 1.29 is 0 Å². The molecule has 3 rings (SSSR count). The summed E-state index contributed by atoms with van der Waals surface area (Å²) in [6.45, 7) is 5.20. The van der Waals surface area contributed by atoms with E-state index in [0.29, 0.717) is 0 Å². The van der Waals surface area contributed by atoms with Gasteiger partial charge in [0.05, 0.1) is 11.0 Å². The minimum Gasteiger partial charge on any atom is -0.399 e. The molecule has 3 aromatic rings. The zero-order valence-electron chi connectivity index (χ0n) is 11.9. The minimum atomic E-state index is 0.810. The average Bonchev–Trinajstić information content (AvgIpc) is 2.80. The number of benzene rings is 2. The number of para-hydroxylation sites is 2. The van der Waals surface area contributed by atoms with Crippen LogP contribution in [0.3, 0.4) is 0 Å². The molecule has 0 saturated carbocycles. The van der Waals surface area contributed by atoms with Gasteiger partial charge in [-0.05, 0) is 49.2 Å². The summed E-state index contributed by atoms with van der Waals surface area (Å²) in [6.07, 6.45) is 0.819. The predicted molar refractivity (Wildman–Crippen MR) is 83.8 cm³/mol. The summed E-state index contributed by atoms with van der Waals surface area (Å²) in [5.41, 5.74) is 11.5. The topological polar surface area (TPSA) is 43.8 Å². The molecule has 0 fully saturated rings. The van der Waals surface area contributed by atoms with Gasteiger partial charge in [-0.3, -0.25) is 0 Å². The average molecular weight is 265 g/mol. The Balaban J connectivity index is 2.08. The second kappa shape index (κ2) is 5.00. The summed E-state index contributed by atoms with van der Waals surface area (Å²) in [6, 6.07) is 14.4. The molecule has 2 aromatic carbocycles. The van der Waals surface area contributed by atoms with Crippen molar-refractivity contribution in [2.75, 3.05) is 5.73 Å². The van der Waals surface area contributed by atoms with Crippen molar-refractivity contribution in [1.29, 1.82) is 0 Å². The zero-order chi connectivity index (χ0) is 14.1. The molecule has 0 amide bonds. The van der Waals surface area contributed by atoms with Gasteiger partial charge in [-0.15, -0.1) is 0 Å². The van der Waals surface area contributed by atoms with Crippen molar-refractivity contribution in [2.24, 2.45) is 0 Å². The fraction of sp³-hybridized carbons (Fsp3) is 0.235. The lowest BCUT2D eigenvalue weighted by Gasteiger charge is -2.09. The van der Waals surface area contributed by atoms with Crippen LogP contribution in [0.2, 0.25) is 0 Å². The summed E-state index contributed by atoms with van der Waals surface area (Å²) in [7, 11) is 0. The quantitative estimate of drug-likeness (QED) is 0.736. The Hall–Kier alpha value is -2.29. The van der Waals surface area contributed by atoms with Crippen LogP contribution in [0.25, 0.3) is 11.0 Å². The highest BCUT2D eigenvalue weighted by Crippen LogP contribution is 2.21. The molecule has 102 valence electrons. The van der Waals surface area contributed by atoms with Crippen LogP contribution in [0, 0.1) is 6.92 Å². The fourth-order valence-electron chi connectivity index (χ4n) is 2.67. The normalized spacial score (nSPS) is 11.1. The number of hydrogen-bond donors (Lipinski definition) is 1. The van der Waals surface area contributed by atoms with E-state index in [4.69, 9.17) is 10.7 Å². The Morgan fingerprint density at radius 2 is 1.95 bits per heavy atom. The van der Waals surface area contributed by atoms with Gasteiger partial charge < -0.3 is 10.3 Å². The first-order valence-corrected chi connectivity index (χ1v) is 6.98. The molecular formula is C17H19N3. The van der Waals surface area contributed by atoms with Gasteiger partial charge in [0.15, 0.2) is 0 Å². The second-order valence-corrected chi connectivity index (χ2v) is 5.12. The van der Waals surface area contributed by atoms with Gasteiger partial charge in [-0.2, -0.15) is 0 Å². The van der Waals surface area contributed by atoms with E-state index in [2.05, 4.69) is 48.7 Å². The summed E-state index contributed by atoms with van der Waals surface area (Å²) in [4.78, 5) is 4.77. The van der Waals surface area contributed by atoms with Gasteiger partial charge in [0.2, 0.25) is 0 Å². The van der Waals surface area contributed by atoms with Crippen LogP contribution in [0.4, 0.5) is 5.69 Å². The highest BCUT2D eigenvalue weighted by Gasteiger charge is 2.10. The predicted octanol–water partition coefficient (Wildman–Crippen LogP) is 3.54. The van der Waals surface area contributed by atoms with Gasteiger partial charge >= 0.3 is 0 Å². The third kappa shape index (κ3) is 2.16. The van der Waals surface area contributed by atoms with E-state index in [0.717, 1.165) is 30.0 Å². The molecule has 1 heterocycles. The largest absolute Gasteiger partial charge is 0.399 e. The van der Waals surface area contributed by atoms with Crippen LogP contribution < -0.4 is 5.73 Å². The van der Waals surface area contributed by atoms with Crippen LogP contribution in [0.5, 0.6) is 0 Å². The van der Waals surface area contributed by atoms with E-state index in [1.165, 1.54) is 16.6 Å². The first-order valence-electron chi connectivity index (χ1n) is 6.98. The first-order chi connectivity index (χ1) is 9.69. The van der Waals surface area contributed by atoms with Crippen molar-refractivity contribution in [3.63, 3.8) is 0 Å². The number of aromatic nitrogens is 2. The van der Waals surface area contributed by atoms with Gasteiger partial charge in [0.1, 0.15) is 5.82 Å². The number of aryl methyl sites for hydroxylation is 2. The number of anilines is 1. The summed E-state index contributed by atoms with van der Waals surface area (Å²) < 4.78 is 2.28. The molecule has 0 unspecified atom stereocenters. The number of rotatable bonds is 3. The first kappa shape index (κ1) is 12.7. The van der Waals surface area contributed by atoms with Crippen LogP contribution in [0.1, 0.15) is 23.9 Å². The summed E-state index contributed by atoms with van der Waals surface area (Å²) in [5, 5.41) is 0. The van der Waals surface area contributed by atoms with E-state index in [-0.39, 0.29) is 0 Å². The molecular weight excluding hydrogens is 246 g/mol. The Morgan fingerprint density at radius 1 is 1.15 bits per heavy atom. The zero-order valence-corrected chi connectivity index (χ0v) is 11.9. The molecule has 0 atom stereocenters. The third-order valence-electron chi connectivity index (χ3n) is 3.77. The Labute approximate surface area is 119 Å². The molecule has 20 heavy (non-hydrogen) atoms. The van der Waals surface area contributed by atoms with E-state index < -0.39 is 0 Å². The molecule has 2 N–H and O–H groups in total. The second-order valence-electron chi connectivity index (χ2n) is 5.12. The maximum absolute atomic E-state index is 5.90. The number of nitrogen functional groups attached to an aromatic ring is 1. The molecule has 0 spiro atoms. The lowest BCUT2D eigenvalue weighted by atomic mass is 10.0. The molecule has 3 nitrogen and oxygen atoms in total. The SMILES string of the molecule is CCn1c(Cc2cc(N)ccc2C)nc2ccccc21. The van der Waals surface area contributed by atoms with Crippen molar-refractivity contribution in [2.45, 2.75) is 26.8 Å². The third-order valence-corrected chi connectivity index (χ3v) is 3.77. The van der Waals surface area contributed by atoms with E-state index >= 15 is 0 Å². The van der Waals surface area contributed by atoms with E-state index in [9.17, 15) is 0 Å². The monoisotopic (exact) mass is 265 g/mol. The molecule has 0 saturated heterocycles. The number of nitrogens with zero attached hydrogens (tertiary/aromatic N) is 2. The number of nitrogens with two attached hydrogens (primary N) is 1. The number of hydrogen-bond acceptors (Lipinski definition) is 2. The van der Waals surface area contributed by atoms with Crippen LogP contribution in [0.15, 0.2) is 42.5 Å². The fourth-order valence-corrected chi connectivity index (χ4v) is 2.67. The maximum Gasteiger partial charge on any atom is 0.114 e. The van der Waals surface area contributed by atoms with Gasteiger partial charge in [-0.1, -0.05) is 18.2 Å². The molecule has 0 bridgehead atoms.